The summed E-state index contributed by atoms with van der Waals surface area (Å²) >= 11 is 0. The number of rotatable bonds is 9. The van der Waals surface area contributed by atoms with Crippen LogP contribution in [-0.2, 0) is 17.8 Å². The molecule has 2 aromatic rings. The summed E-state index contributed by atoms with van der Waals surface area (Å²) in [6, 6.07) is 12.2. The topological polar surface area (TPSA) is 74.6 Å². The average Bonchev–Trinajstić information content (AvgIpc) is 3.26. The SMILES string of the molecule is CCC(CNC(=O)CCCNC(=O)c1ccco1)N1CCc2ccccc2C1. The largest absolute Gasteiger partial charge is 0.459 e. The van der Waals surface area contributed by atoms with Gasteiger partial charge in [-0.05, 0) is 42.5 Å². The van der Waals surface area contributed by atoms with Gasteiger partial charge in [0.25, 0.3) is 5.91 Å². The fourth-order valence-corrected chi connectivity index (χ4v) is 3.63. The van der Waals surface area contributed by atoms with E-state index in [1.165, 1.54) is 17.4 Å². The lowest BCUT2D eigenvalue weighted by atomic mass is 9.98. The van der Waals surface area contributed by atoms with E-state index < -0.39 is 0 Å². The third-order valence-corrected chi connectivity index (χ3v) is 5.29. The molecule has 2 heterocycles. The third-order valence-electron chi connectivity index (χ3n) is 5.29. The van der Waals surface area contributed by atoms with Gasteiger partial charge in [0.05, 0.1) is 6.26 Å². The molecule has 0 saturated heterocycles. The second-order valence-corrected chi connectivity index (χ2v) is 7.19. The Bertz CT molecular complexity index is 773. The van der Waals surface area contributed by atoms with E-state index in [9.17, 15) is 9.59 Å². The molecule has 1 aromatic heterocycles. The van der Waals surface area contributed by atoms with Crippen molar-refractivity contribution in [3.8, 4) is 0 Å². The molecule has 1 atom stereocenters. The lowest BCUT2D eigenvalue weighted by Gasteiger charge is -2.35. The van der Waals surface area contributed by atoms with Crippen LogP contribution in [0, 0.1) is 0 Å². The summed E-state index contributed by atoms with van der Waals surface area (Å²) in [6.45, 7) is 5.26. The molecule has 1 unspecified atom stereocenters. The molecule has 2 N–H and O–H groups in total. The van der Waals surface area contributed by atoms with Crippen molar-refractivity contribution in [1.29, 1.82) is 0 Å². The molecule has 1 aliphatic rings. The molecule has 1 aliphatic heterocycles. The number of fused-ring (bicyclic) bond motifs is 1. The average molecular weight is 383 g/mol. The summed E-state index contributed by atoms with van der Waals surface area (Å²) < 4.78 is 5.03. The minimum absolute atomic E-state index is 0.0307. The Morgan fingerprint density at radius 3 is 2.71 bits per heavy atom. The Balaban J connectivity index is 1.35. The first-order valence-corrected chi connectivity index (χ1v) is 10.1. The Morgan fingerprint density at radius 1 is 1.14 bits per heavy atom. The first-order valence-electron chi connectivity index (χ1n) is 10.1. The van der Waals surface area contributed by atoms with Crippen LogP contribution in [-0.4, -0.2) is 42.4 Å². The lowest BCUT2D eigenvalue weighted by molar-refractivity contribution is -0.121. The van der Waals surface area contributed by atoms with Crippen LogP contribution >= 0.6 is 0 Å². The number of hydrogen-bond acceptors (Lipinski definition) is 4. The summed E-state index contributed by atoms with van der Waals surface area (Å²) in [6.07, 6.45) is 4.54. The monoisotopic (exact) mass is 383 g/mol. The number of amides is 2. The van der Waals surface area contributed by atoms with Gasteiger partial charge in [-0.1, -0.05) is 31.2 Å². The molecule has 0 aliphatic carbocycles. The van der Waals surface area contributed by atoms with Crippen molar-refractivity contribution in [2.24, 2.45) is 0 Å². The van der Waals surface area contributed by atoms with Gasteiger partial charge >= 0.3 is 0 Å². The summed E-state index contributed by atoms with van der Waals surface area (Å²) in [5.41, 5.74) is 2.83. The van der Waals surface area contributed by atoms with Crippen LogP contribution in [0.15, 0.2) is 47.1 Å². The molecular formula is C22H29N3O3. The quantitative estimate of drug-likeness (QED) is 0.653. The van der Waals surface area contributed by atoms with Gasteiger partial charge in [-0.3, -0.25) is 14.5 Å². The fourth-order valence-electron chi connectivity index (χ4n) is 3.63. The highest BCUT2D eigenvalue weighted by Gasteiger charge is 2.22. The van der Waals surface area contributed by atoms with Crippen molar-refractivity contribution in [1.82, 2.24) is 15.5 Å². The molecule has 6 nitrogen and oxygen atoms in total. The smallest absolute Gasteiger partial charge is 0.286 e. The molecule has 0 fully saturated rings. The summed E-state index contributed by atoms with van der Waals surface area (Å²) in [4.78, 5) is 26.4. The molecular weight excluding hydrogens is 354 g/mol. The van der Waals surface area contributed by atoms with Gasteiger partial charge in [0, 0.05) is 38.6 Å². The van der Waals surface area contributed by atoms with Gasteiger partial charge in [-0.25, -0.2) is 0 Å². The van der Waals surface area contributed by atoms with Crippen molar-refractivity contribution in [2.75, 3.05) is 19.6 Å². The Hall–Kier alpha value is -2.60. The van der Waals surface area contributed by atoms with E-state index in [4.69, 9.17) is 4.42 Å². The van der Waals surface area contributed by atoms with E-state index in [0.717, 1.165) is 25.9 Å². The van der Waals surface area contributed by atoms with Crippen molar-refractivity contribution in [3.05, 3.63) is 59.5 Å². The standard InChI is InChI=1S/C22H29N3O3/c1-2-19(25-13-11-17-7-3-4-8-18(17)16-25)15-24-21(26)10-5-12-23-22(27)20-9-6-14-28-20/h3-4,6-9,14,19H,2,5,10-13,15-16H2,1H3,(H,23,27)(H,24,26). The van der Waals surface area contributed by atoms with Crippen LogP contribution < -0.4 is 10.6 Å². The Morgan fingerprint density at radius 2 is 1.96 bits per heavy atom. The maximum absolute atomic E-state index is 12.2. The van der Waals surface area contributed by atoms with Crippen molar-refractivity contribution < 1.29 is 14.0 Å². The van der Waals surface area contributed by atoms with Crippen LogP contribution in [0.1, 0.15) is 47.9 Å². The zero-order valence-electron chi connectivity index (χ0n) is 16.4. The highest BCUT2D eigenvalue weighted by atomic mass is 16.3. The van der Waals surface area contributed by atoms with Gasteiger partial charge < -0.3 is 15.1 Å². The van der Waals surface area contributed by atoms with E-state index in [1.807, 2.05) is 0 Å². The summed E-state index contributed by atoms with van der Waals surface area (Å²) in [5.74, 6) is 0.0725. The Labute approximate surface area is 166 Å². The second-order valence-electron chi connectivity index (χ2n) is 7.19. The predicted octanol–water partition coefficient (Wildman–Crippen LogP) is 2.74. The molecule has 0 saturated carbocycles. The third kappa shape index (κ3) is 5.45. The molecule has 0 radical (unpaired) electrons. The minimum atomic E-state index is -0.248. The van der Waals surface area contributed by atoms with Crippen LogP contribution in [0.25, 0.3) is 0 Å². The molecule has 28 heavy (non-hydrogen) atoms. The second kappa shape index (κ2) is 10.1. The van der Waals surface area contributed by atoms with E-state index in [-0.39, 0.29) is 11.8 Å². The molecule has 0 bridgehead atoms. The number of nitrogens with one attached hydrogen (secondary N) is 2. The highest BCUT2D eigenvalue weighted by Crippen LogP contribution is 2.21. The summed E-state index contributed by atoms with van der Waals surface area (Å²) in [7, 11) is 0. The van der Waals surface area contributed by atoms with Gasteiger partial charge in [-0.15, -0.1) is 0 Å². The van der Waals surface area contributed by atoms with E-state index in [0.29, 0.717) is 37.7 Å². The molecule has 2 amide bonds. The lowest BCUT2D eigenvalue weighted by Crippen LogP contribution is -2.45. The van der Waals surface area contributed by atoms with Gasteiger partial charge in [0.15, 0.2) is 5.76 Å². The van der Waals surface area contributed by atoms with Crippen molar-refractivity contribution in [2.45, 2.75) is 45.2 Å². The van der Waals surface area contributed by atoms with Gasteiger partial charge in [0.2, 0.25) is 5.91 Å². The summed E-state index contributed by atoms with van der Waals surface area (Å²) in [5, 5.41) is 5.82. The maximum Gasteiger partial charge on any atom is 0.286 e. The van der Waals surface area contributed by atoms with E-state index in [1.54, 1.807) is 12.1 Å². The zero-order chi connectivity index (χ0) is 19.8. The molecule has 1 aromatic carbocycles. The van der Waals surface area contributed by atoms with Crippen LogP contribution in [0.3, 0.4) is 0 Å². The van der Waals surface area contributed by atoms with Gasteiger partial charge in [0.1, 0.15) is 0 Å². The number of benzene rings is 1. The first kappa shape index (κ1) is 20.1. The van der Waals surface area contributed by atoms with Crippen LogP contribution in [0.4, 0.5) is 0 Å². The predicted molar refractivity (Wildman–Crippen MR) is 108 cm³/mol. The van der Waals surface area contributed by atoms with E-state index >= 15 is 0 Å². The first-order chi connectivity index (χ1) is 13.7. The normalized spacial score (nSPS) is 14.9. The van der Waals surface area contributed by atoms with Crippen LogP contribution in [0.2, 0.25) is 0 Å². The van der Waals surface area contributed by atoms with Crippen LogP contribution in [0.5, 0.6) is 0 Å². The number of hydrogen-bond donors (Lipinski definition) is 2. The number of carbonyl (C=O) groups excluding carboxylic acids is 2. The number of nitrogens with zero attached hydrogens (tertiary/aromatic N) is 1. The van der Waals surface area contributed by atoms with Crippen molar-refractivity contribution in [3.63, 3.8) is 0 Å². The maximum atomic E-state index is 12.2. The Kier molecular flexibility index (Phi) is 7.25. The minimum Gasteiger partial charge on any atom is -0.459 e. The number of carbonyl (C=O) groups is 2. The zero-order valence-corrected chi connectivity index (χ0v) is 16.4. The number of furan rings is 1. The fraction of sp³-hybridized carbons (Fsp3) is 0.455. The molecule has 3 rings (SSSR count). The highest BCUT2D eigenvalue weighted by molar-refractivity contribution is 5.91. The van der Waals surface area contributed by atoms with E-state index in [2.05, 4.69) is 46.7 Å². The molecule has 150 valence electrons. The van der Waals surface area contributed by atoms with Gasteiger partial charge in [-0.2, -0.15) is 0 Å². The van der Waals surface area contributed by atoms with Crippen molar-refractivity contribution >= 4 is 11.8 Å². The molecule has 6 heteroatoms. The molecule has 0 spiro atoms.